The van der Waals surface area contributed by atoms with E-state index in [-0.39, 0.29) is 5.82 Å². The maximum Gasteiger partial charge on any atom is 0.377 e. The van der Waals surface area contributed by atoms with E-state index in [0.29, 0.717) is 12.3 Å². The lowest BCUT2D eigenvalue weighted by atomic mass is 10.4. The normalized spacial score (nSPS) is 10.4. The Morgan fingerprint density at radius 3 is 3.06 bits per heavy atom. The van der Waals surface area contributed by atoms with Crippen LogP contribution in [0.1, 0.15) is 22.1 Å². The molecule has 0 atom stereocenters. The molecule has 0 N–H and O–H groups in total. The van der Waals surface area contributed by atoms with E-state index in [1.165, 1.54) is 18.1 Å². The van der Waals surface area contributed by atoms with Gasteiger partial charge in [0.05, 0.1) is 12.8 Å². The van der Waals surface area contributed by atoms with E-state index in [4.69, 9.17) is 4.52 Å². The summed E-state index contributed by atoms with van der Waals surface area (Å²) < 4.78 is 11.0. The molecule has 16 heavy (non-hydrogen) atoms. The number of hydrogen-bond donors (Lipinski definition) is 0. The van der Waals surface area contributed by atoms with E-state index in [2.05, 4.69) is 20.0 Å². The van der Waals surface area contributed by atoms with Gasteiger partial charge in [0, 0.05) is 6.07 Å². The molecule has 2 heterocycles. The topological polar surface area (TPSA) is 83.0 Å². The molecule has 0 radical (unpaired) electrons. The molecular formula is C9H10N4O3. The third kappa shape index (κ3) is 2.08. The number of methoxy groups -OCH3 is 1. The summed E-state index contributed by atoms with van der Waals surface area (Å²) in [6, 6.07) is 1.79. The quantitative estimate of drug-likeness (QED) is 0.699. The molecule has 0 unspecified atom stereocenters. The second-order valence-corrected chi connectivity index (χ2v) is 3.19. The highest BCUT2D eigenvalue weighted by Crippen LogP contribution is 2.04. The van der Waals surface area contributed by atoms with Crippen LogP contribution >= 0.6 is 0 Å². The first-order chi connectivity index (χ1) is 7.69. The highest BCUT2D eigenvalue weighted by atomic mass is 16.5. The van der Waals surface area contributed by atoms with E-state index in [0.717, 1.165) is 5.69 Å². The molecule has 2 aromatic heterocycles. The predicted octanol–water partition coefficient (Wildman–Crippen LogP) is 0.409. The molecule has 0 fully saturated rings. The van der Waals surface area contributed by atoms with Gasteiger partial charge in [-0.05, 0) is 6.92 Å². The van der Waals surface area contributed by atoms with Crippen LogP contribution in [0.25, 0.3) is 0 Å². The van der Waals surface area contributed by atoms with Crippen LogP contribution in [-0.2, 0) is 11.3 Å². The summed E-state index contributed by atoms with van der Waals surface area (Å²) in [5.74, 6) is 0.116. The highest BCUT2D eigenvalue weighted by molar-refractivity contribution is 5.84. The monoisotopic (exact) mass is 222 g/mol. The Kier molecular flexibility index (Phi) is 2.67. The molecule has 0 aliphatic rings. The zero-order valence-corrected chi connectivity index (χ0v) is 8.88. The number of ether oxygens (including phenoxy) is 1. The lowest BCUT2D eigenvalue weighted by Gasteiger charge is -1.94. The fourth-order valence-electron chi connectivity index (χ4n) is 1.21. The molecule has 7 heteroatoms. The van der Waals surface area contributed by atoms with Gasteiger partial charge in [0.2, 0.25) is 0 Å². The van der Waals surface area contributed by atoms with Crippen LogP contribution in [0.4, 0.5) is 0 Å². The molecule has 0 aliphatic heterocycles. The second kappa shape index (κ2) is 4.13. The highest BCUT2D eigenvalue weighted by Gasteiger charge is 2.12. The van der Waals surface area contributed by atoms with Gasteiger partial charge in [-0.25, -0.2) is 14.5 Å². The zero-order chi connectivity index (χ0) is 11.5. The van der Waals surface area contributed by atoms with Crippen molar-refractivity contribution in [2.75, 3.05) is 7.11 Å². The van der Waals surface area contributed by atoms with E-state index < -0.39 is 5.97 Å². The van der Waals surface area contributed by atoms with E-state index in [9.17, 15) is 4.79 Å². The number of aromatic nitrogens is 4. The van der Waals surface area contributed by atoms with Crippen molar-refractivity contribution in [3.05, 3.63) is 29.7 Å². The van der Waals surface area contributed by atoms with Crippen molar-refractivity contribution in [2.24, 2.45) is 0 Å². The molecule has 0 spiro atoms. The Morgan fingerprint density at radius 2 is 2.44 bits per heavy atom. The van der Waals surface area contributed by atoms with Crippen LogP contribution < -0.4 is 0 Å². The average Bonchev–Trinajstić information content (AvgIpc) is 2.87. The minimum atomic E-state index is -0.562. The van der Waals surface area contributed by atoms with Crippen LogP contribution in [0.2, 0.25) is 0 Å². The number of nitrogens with zero attached hydrogens (tertiary/aromatic N) is 4. The summed E-state index contributed by atoms with van der Waals surface area (Å²) in [6.45, 7) is 2.21. The SMILES string of the molecule is COC(=O)c1ncn(Cc2cc(C)no2)n1. The van der Waals surface area contributed by atoms with Gasteiger partial charge in [0.1, 0.15) is 12.9 Å². The van der Waals surface area contributed by atoms with Gasteiger partial charge in [-0.1, -0.05) is 5.16 Å². The molecule has 2 aromatic rings. The summed E-state index contributed by atoms with van der Waals surface area (Å²) >= 11 is 0. The van der Waals surface area contributed by atoms with Crippen LogP contribution in [0.3, 0.4) is 0 Å². The van der Waals surface area contributed by atoms with Gasteiger partial charge in [-0.3, -0.25) is 0 Å². The van der Waals surface area contributed by atoms with Gasteiger partial charge in [-0.2, -0.15) is 0 Å². The number of esters is 1. The van der Waals surface area contributed by atoms with Gasteiger partial charge in [-0.15, -0.1) is 5.10 Å². The molecule has 0 amide bonds. The Balaban J connectivity index is 2.11. The van der Waals surface area contributed by atoms with Crippen LogP contribution in [0.5, 0.6) is 0 Å². The Bertz CT molecular complexity index is 502. The standard InChI is InChI=1S/C9H10N4O3/c1-6-3-7(16-12-6)4-13-5-10-8(11-13)9(14)15-2/h3,5H,4H2,1-2H3. The van der Waals surface area contributed by atoms with Crippen molar-refractivity contribution in [3.63, 3.8) is 0 Å². The van der Waals surface area contributed by atoms with Crippen LogP contribution in [-0.4, -0.2) is 33.0 Å². The van der Waals surface area contributed by atoms with Crippen molar-refractivity contribution < 1.29 is 14.1 Å². The molecule has 0 saturated carbocycles. The summed E-state index contributed by atoms with van der Waals surface area (Å²) in [7, 11) is 1.28. The number of hydrogen-bond acceptors (Lipinski definition) is 6. The van der Waals surface area contributed by atoms with Crippen LogP contribution in [0.15, 0.2) is 16.9 Å². The summed E-state index contributed by atoms with van der Waals surface area (Å²) in [5, 5.41) is 7.67. The largest absolute Gasteiger partial charge is 0.463 e. The van der Waals surface area contributed by atoms with Crippen molar-refractivity contribution in [3.8, 4) is 0 Å². The Morgan fingerprint density at radius 1 is 1.62 bits per heavy atom. The van der Waals surface area contributed by atoms with Crippen molar-refractivity contribution in [2.45, 2.75) is 13.5 Å². The number of aryl methyl sites for hydroxylation is 1. The van der Waals surface area contributed by atoms with Gasteiger partial charge in [0.25, 0.3) is 5.82 Å². The fourth-order valence-corrected chi connectivity index (χ4v) is 1.21. The molecule has 2 rings (SSSR count). The van der Waals surface area contributed by atoms with Crippen LogP contribution in [0, 0.1) is 6.92 Å². The third-order valence-corrected chi connectivity index (χ3v) is 1.90. The molecule has 7 nitrogen and oxygen atoms in total. The first kappa shape index (κ1) is 10.3. The van der Waals surface area contributed by atoms with Crippen molar-refractivity contribution >= 4 is 5.97 Å². The summed E-state index contributed by atoms with van der Waals surface area (Å²) in [5.41, 5.74) is 0.795. The lowest BCUT2D eigenvalue weighted by molar-refractivity contribution is 0.0586. The predicted molar refractivity (Wildman–Crippen MR) is 51.7 cm³/mol. The zero-order valence-electron chi connectivity index (χ0n) is 8.88. The van der Waals surface area contributed by atoms with Gasteiger partial charge >= 0.3 is 5.97 Å². The van der Waals surface area contributed by atoms with Gasteiger partial charge < -0.3 is 9.26 Å². The third-order valence-electron chi connectivity index (χ3n) is 1.90. The van der Waals surface area contributed by atoms with E-state index in [1.54, 1.807) is 6.07 Å². The molecule has 0 bridgehead atoms. The Hall–Kier alpha value is -2.18. The molecule has 0 aromatic carbocycles. The van der Waals surface area contributed by atoms with E-state index >= 15 is 0 Å². The van der Waals surface area contributed by atoms with Crippen molar-refractivity contribution in [1.29, 1.82) is 0 Å². The maximum atomic E-state index is 11.1. The number of carbonyl (C=O) groups excluding carboxylic acids is 1. The van der Waals surface area contributed by atoms with Gasteiger partial charge in [0.15, 0.2) is 5.76 Å². The Labute approximate surface area is 91.0 Å². The molecule has 84 valence electrons. The minimum absolute atomic E-state index is 0.0266. The van der Waals surface area contributed by atoms with E-state index in [1.807, 2.05) is 6.92 Å². The number of rotatable bonds is 3. The lowest BCUT2D eigenvalue weighted by Crippen LogP contribution is -2.06. The first-order valence-electron chi connectivity index (χ1n) is 4.59. The minimum Gasteiger partial charge on any atom is -0.463 e. The molecule has 0 aliphatic carbocycles. The first-order valence-corrected chi connectivity index (χ1v) is 4.59. The molecule has 0 saturated heterocycles. The average molecular weight is 222 g/mol. The summed E-state index contributed by atoms with van der Waals surface area (Å²) in [4.78, 5) is 14.9. The van der Waals surface area contributed by atoms with Crippen molar-refractivity contribution in [1.82, 2.24) is 19.9 Å². The second-order valence-electron chi connectivity index (χ2n) is 3.19. The smallest absolute Gasteiger partial charge is 0.377 e. The summed E-state index contributed by atoms with van der Waals surface area (Å²) in [6.07, 6.45) is 1.43. The number of carbonyl (C=O) groups is 1. The fraction of sp³-hybridized carbons (Fsp3) is 0.333. The molecular weight excluding hydrogens is 212 g/mol. The maximum absolute atomic E-state index is 11.1.